The molecule has 0 aliphatic carbocycles. The number of para-hydroxylation sites is 1. The number of piperidine rings is 2. The first-order valence-electron chi connectivity index (χ1n) is 47.8. The highest BCUT2D eigenvalue weighted by molar-refractivity contribution is 9.10. The van der Waals surface area contributed by atoms with Crippen LogP contribution in [0, 0.1) is 24.2 Å². The zero-order chi connectivity index (χ0) is 101. The van der Waals surface area contributed by atoms with Crippen molar-refractivity contribution >= 4 is 84.3 Å². The number of alkyl halides is 3. The molecule has 0 amide bonds. The molecule has 4 atom stereocenters. The number of nitrogens with two attached hydrogens (primary N) is 2. The number of nitrogens with zero attached hydrogens (tertiary/aromatic N) is 8. The molecule has 28 heteroatoms. The average molecular weight is 2050 g/mol. The lowest BCUT2D eigenvalue weighted by Gasteiger charge is -2.37. The van der Waals surface area contributed by atoms with Crippen molar-refractivity contribution in [2.24, 2.45) is 33.6 Å². The van der Waals surface area contributed by atoms with Crippen LogP contribution in [0.4, 0.5) is 23.2 Å². The van der Waals surface area contributed by atoms with Gasteiger partial charge in [-0.25, -0.2) is 9.24 Å². The third-order valence-corrected chi connectivity index (χ3v) is 26.0. The van der Waals surface area contributed by atoms with E-state index in [1.54, 1.807) is 27.4 Å². The molecule has 20 nitrogen and oxygen atoms in total. The minimum absolute atomic E-state index is 0.0975. The number of pyridine rings is 1. The van der Waals surface area contributed by atoms with E-state index in [4.69, 9.17) is 86.2 Å². The first-order valence-corrected chi connectivity index (χ1v) is 49.7. The van der Waals surface area contributed by atoms with Crippen LogP contribution in [0.5, 0.6) is 11.5 Å². The van der Waals surface area contributed by atoms with Crippen molar-refractivity contribution in [2.45, 2.75) is 127 Å². The molecule has 14 rings (SSSR count). The third kappa shape index (κ3) is 39.4. The van der Waals surface area contributed by atoms with E-state index >= 15 is 0 Å². The number of nitrogens with one attached hydrogen (secondary N) is 2. The second-order valence-electron chi connectivity index (χ2n) is 35.8. The smallest absolute Gasteiger partial charge is 0.416 e. The van der Waals surface area contributed by atoms with Crippen LogP contribution in [-0.2, 0) is 55.1 Å². The van der Waals surface area contributed by atoms with Gasteiger partial charge in [0, 0.05) is 103 Å². The van der Waals surface area contributed by atoms with Crippen molar-refractivity contribution in [3.8, 4) is 11.5 Å². The van der Waals surface area contributed by atoms with E-state index in [0.717, 1.165) is 164 Å². The van der Waals surface area contributed by atoms with Crippen molar-refractivity contribution in [3.05, 3.63) is 347 Å². The molecule has 3 aliphatic heterocycles. The number of halogens is 8. The summed E-state index contributed by atoms with van der Waals surface area (Å²) in [7, 11) is 19.3. The van der Waals surface area contributed by atoms with E-state index in [1.807, 2.05) is 141 Å². The van der Waals surface area contributed by atoms with Crippen LogP contribution >= 0.6 is 50.7 Å². The minimum atomic E-state index is -4.34. The number of aliphatic hydroxyl groups is 1. The maximum Gasteiger partial charge on any atom is 0.416 e. The Hall–Kier alpha value is -9.93. The molecule has 2 saturated heterocycles. The van der Waals surface area contributed by atoms with Crippen LogP contribution < -0.4 is 26.3 Å². The summed E-state index contributed by atoms with van der Waals surface area (Å²) in [6.45, 7) is 19.9. The van der Waals surface area contributed by atoms with Gasteiger partial charge in [0.15, 0.2) is 5.69 Å². The van der Waals surface area contributed by atoms with Gasteiger partial charge in [-0.1, -0.05) is 195 Å². The van der Waals surface area contributed by atoms with Crippen molar-refractivity contribution in [1.29, 1.82) is 0 Å². The third-order valence-electron chi connectivity index (χ3n) is 24.5. The fourth-order valence-electron chi connectivity index (χ4n) is 16.3. The Labute approximate surface area is 851 Å². The number of likely N-dealkylation sites (tertiary alicyclic amines) is 1. The number of fused-ring (bicyclic) bond motifs is 2. The Bertz CT molecular complexity index is 5490. The highest BCUT2D eigenvalue weighted by Crippen LogP contribution is 2.47. The van der Waals surface area contributed by atoms with E-state index in [1.165, 1.54) is 103 Å². The number of hydrogen-bond acceptors (Lipinski definition) is 18. The zero-order valence-electron chi connectivity index (χ0n) is 83.0. The number of oxime groups is 2. The first kappa shape index (κ1) is 115. The fraction of sp³-hybridized carbons (Fsp3) is 0.411. The van der Waals surface area contributed by atoms with Gasteiger partial charge < -0.3 is 79.8 Å². The standard InChI is InChI=1S/C20H21FN2O.C20H25NO2.C16H17BrN2.C15H21F3N2O2.C15H20N2.C14H21ClN2O2.C12H17Cl2NO/c1-22-18-9-10-19-15(13-18)14-24-20(19,11-4-12-23(2)3)16-5-7-17(21)8-6-16;1-21-13-12-20(16-6-4-3-5-7-16)17(14-21)15-23-19-10-8-18(22-2)9-11-19;1-19(2)12-10-15(16-5-3-4-11-18-16)13-6-8-14(17)9-7-13;1-21-10-3-2-4-14(20-22-11-9-19)12-5-7-13(8-6-12)15(16,17)18;1-2-4-15-14(3-1)13(11-17-15)6-5-12-7-9-16-10-8-12;1-18-10-3-2-4-14(17-19-11-9-16)12-5-7-13(15)8-6-12;1-12(8-16,15(2)3)7-9-4-5-10(13)11(14)6-9/h5-10,13H,4,11-12,14H2,2-3H3;3-11,17,20H,12-15H2,1-2H3;3-11H,12H2,1-2H3;5-8H,2-4,9-11,19H2,1H3;1-4,11-12,16-17H,5-10H2;5-8H,2-4,9-11,16H2,1H3;4-6,16H,7-8H2,1-3H3/b;;15-10-;20-14-;;17-14-;. The number of ether oxygens (including phenoxy) is 5. The maximum absolute atomic E-state index is 13.4. The van der Waals surface area contributed by atoms with E-state index in [0.29, 0.717) is 83.2 Å². The summed E-state index contributed by atoms with van der Waals surface area (Å²) in [5.41, 5.74) is 24.7. The van der Waals surface area contributed by atoms with Gasteiger partial charge in [-0.2, -0.15) is 13.2 Å². The minimum Gasteiger partial charge on any atom is -0.497 e. The maximum atomic E-state index is 13.4. The Balaban J connectivity index is 0.000000201. The molecule has 140 heavy (non-hydrogen) atoms. The molecule has 4 unspecified atom stereocenters. The normalized spacial score (nSPS) is 15.9. The zero-order valence-corrected chi connectivity index (χ0v) is 86.8. The lowest BCUT2D eigenvalue weighted by atomic mass is 9.81. The summed E-state index contributed by atoms with van der Waals surface area (Å²) < 4.78 is 79.7. The number of hydrogen-bond donors (Lipinski definition) is 5. The SMILES string of the molecule is CN(C)C(C)(CO)Cc1ccc(Cl)c(Cl)c1.CN(C)C/C=C(/c1ccc(Br)cc1)c1ccccn1.COCCCC/C(=N/OCCN)c1ccc(C(F)(F)F)cc1.COCCCC/C(=N/OCCN)c1ccc(Cl)cc1.COc1ccc(OCC2CN(C)CCC2c2ccccc2)cc1.[C-]#[N+]c1ccc2c(c1)COC2(CCCN(C)C)c1ccc(F)cc1.c1ccc2c(CCC3CCNCC3)c[nH]c2c1. The van der Waals surface area contributed by atoms with E-state index in [2.05, 4.69) is 187 Å². The van der Waals surface area contributed by atoms with Crippen molar-refractivity contribution in [2.75, 3.05) is 163 Å². The summed E-state index contributed by atoms with van der Waals surface area (Å²) in [5.74, 6) is 3.53. The van der Waals surface area contributed by atoms with Gasteiger partial charge in [0.05, 0.1) is 66.2 Å². The second-order valence-corrected chi connectivity index (χ2v) is 37.9. The van der Waals surface area contributed by atoms with Crippen LogP contribution in [-0.4, -0.2) is 214 Å². The molecule has 0 bridgehead atoms. The average Bonchev–Trinajstić information content (AvgIpc) is 1.59. The van der Waals surface area contributed by atoms with Crippen LogP contribution in [0.25, 0.3) is 21.3 Å². The van der Waals surface area contributed by atoms with Gasteiger partial charge >= 0.3 is 6.18 Å². The molecule has 2 aromatic heterocycles. The number of aromatic nitrogens is 2. The van der Waals surface area contributed by atoms with E-state index in [9.17, 15) is 22.7 Å². The summed E-state index contributed by atoms with van der Waals surface area (Å²) in [6.07, 6.45) is 15.9. The highest BCUT2D eigenvalue weighted by atomic mass is 79.9. The van der Waals surface area contributed by atoms with Crippen molar-refractivity contribution < 1.29 is 56.0 Å². The predicted molar refractivity (Wildman–Crippen MR) is 569 cm³/mol. The molecule has 11 aromatic rings. The number of rotatable bonds is 39. The van der Waals surface area contributed by atoms with Gasteiger partial charge in [0.1, 0.15) is 36.1 Å². The molecule has 2 fully saturated rings. The topological polar surface area (TPSA) is 220 Å². The monoisotopic (exact) mass is 2040 g/mol. The summed E-state index contributed by atoms with van der Waals surface area (Å²) in [5, 5.41) is 24.3. The van der Waals surface area contributed by atoms with Crippen LogP contribution in [0.15, 0.2) is 264 Å². The number of H-pyrrole nitrogens is 1. The van der Waals surface area contributed by atoms with E-state index < -0.39 is 17.3 Å². The Morgan fingerprint density at radius 1 is 0.686 bits per heavy atom. The van der Waals surface area contributed by atoms with Crippen molar-refractivity contribution in [1.82, 2.24) is 34.9 Å². The van der Waals surface area contributed by atoms with Gasteiger partial charge in [-0.05, 0) is 337 Å². The van der Waals surface area contributed by atoms with Gasteiger partial charge in [-0.15, -0.1) is 0 Å². The number of aromatic amines is 1. The fourth-order valence-corrected chi connectivity index (χ4v) is 17.0. The quantitative estimate of drug-likeness (QED) is 0.00795. The number of unbranched alkanes of at least 4 members (excludes halogenated alkanes) is 2. The van der Waals surface area contributed by atoms with Crippen LogP contribution in [0.3, 0.4) is 0 Å². The second kappa shape index (κ2) is 62.5. The lowest BCUT2D eigenvalue weighted by Crippen LogP contribution is -2.46. The summed E-state index contributed by atoms with van der Waals surface area (Å²) >= 11 is 21.2. The number of likely N-dealkylation sites (N-methyl/N-ethyl adjacent to an activating group) is 2. The number of aliphatic hydroxyl groups excluding tert-OH is 1. The molecule has 5 heterocycles. The highest BCUT2D eigenvalue weighted by Gasteiger charge is 2.42. The van der Waals surface area contributed by atoms with Gasteiger partial charge in [-0.3, -0.25) is 4.98 Å². The van der Waals surface area contributed by atoms with Crippen LogP contribution in [0.1, 0.15) is 151 Å². The Kier molecular flexibility index (Phi) is 51.5. The van der Waals surface area contributed by atoms with Crippen LogP contribution in [0.2, 0.25) is 15.1 Å². The predicted octanol–water partition coefficient (Wildman–Crippen LogP) is 24.1. The largest absolute Gasteiger partial charge is 0.497 e. The first-order chi connectivity index (χ1) is 67.6. The molecule has 0 spiro atoms. The molecule has 754 valence electrons. The Morgan fingerprint density at radius 2 is 1.30 bits per heavy atom. The molecule has 3 aliphatic rings. The molecule has 9 aromatic carbocycles. The molecular weight excluding hydrogens is 1900 g/mol. The lowest BCUT2D eigenvalue weighted by molar-refractivity contribution is -0.137. The van der Waals surface area contributed by atoms with Gasteiger partial charge in [0.2, 0.25) is 0 Å². The number of methoxy groups -OCH3 is 3. The molecule has 0 saturated carbocycles. The number of benzene rings is 9. The molecule has 7 N–H and O–H groups in total. The summed E-state index contributed by atoms with van der Waals surface area (Å²) in [6, 6.07) is 72.0. The van der Waals surface area contributed by atoms with Gasteiger partial charge in [0.25, 0.3) is 0 Å². The number of aryl methyl sites for hydroxylation is 1. The molecule has 0 radical (unpaired) electrons. The summed E-state index contributed by atoms with van der Waals surface area (Å²) in [4.78, 5) is 30.3. The van der Waals surface area contributed by atoms with E-state index in [-0.39, 0.29) is 24.6 Å². The Morgan fingerprint density at radius 3 is 1.87 bits per heavy atom. The van der Waals surface area contributed by atoms with Crippen molar-refractivity contribution in [3.63, 3.8) is 0 Å². The molecular formula is C112H142BrCl3F4N12O8.